The summed E-state index contributed by atoms with van der Waals surface area (Å²) in [5, 5.41) is 9.31. The third-order valence-corrected chi connectivity index (χ3v) is 1.88. The first kappa shape index (κ1) is 10.5. The van der Waals surface area contributed by atoms with Crippen molar-refractivity contribution in [3.05, 3.63) is 40.4 Å². The molecule has 2 rings (SSSR count). The summed E-state index contributed by atoms with van der Waals surface area (Å²) in [7, 11) is 0. The smallest absolute Gasteiger partial charge is 0.300 e. The minimum absolute atomic E-state index is 0. The van der Waals surface area contributed by atoms with Crippen molar-refractivity contribution in [3.8, 4) is 5.75 Å². The first-order chi connectivity index (χ1) is 6.20. The number of hydrogen-bond acceptors (Lipinski definition) is 3. The molecule has 0 aliphatic heterocycles. The van der Waals surface area contributed by atoms with E-state index in [9.17, 15) is 9.90 Å². The molecule has 0 aliphatic carbocycles. The molecule has 0 atom stereocenters. The highest BCUT2D eigenvalue weighted by atomic mass is 35.5. The van der Waals surface area contributed by atoms with Gasteiger partial charge in [-0.3, -0.25) is 9.20 Å². The fourth-order valence-electron chi connectivity index (χ4n) is 1.19. The summed E-state index contributed by atoms with van der Waals surface area (Å²) >= 11 is 0. The van der Waals surface area contributed by atoms with E-state index in [1.807, 2.05) is 0 Å². The van der Waals surface area contributed by atoms with E-state index in [0.717, 1.165) is 0 Å². The number of pyridine rings is 1. The zero-order valence-electron chi connectivity index (χ0n) is 7.47. The van der Waals surface area contributed by atoms with Crippen molar-refractivity contribution in [1.82, 2.24) is 9.38 Å². The van der Waals surface area contributed by atoms with Crippen LogP contribution >= 0.6 is 12.4 Å². The van der Waals surface area contributed by atoms with Crippen molar-refractivity contribution in [2.45, 2.75) is 6.92 Å². The van der Waals surface area contributed by atoms with Crippen molar-refractivity contribution in [2.24, 2.45) is 0 Å². The Morgan fingerprint density at radius 1 is 1.43 bits per heavy atom. The molecule has 2 aromatic rings. The molecular weight excluding hydrogens is 204 g/mol. The van der Waals surface area contributed by atoms with Crippen LogP contribution in [-0.4, -0.2) is 14.5 Å². The van der Waals surface area contributed by atoms with E-state index >= 15 is 0 Å². The van der Waals surface area contributed by atoms with Gasteiger partial charge in [0.15, 0.2) is 0 Å². The Morgan fingerprint density at radius 3 is 2.86 bits per heavy atom. The summed E-state index contributed by atoms with van der Waals surface area (Å²) < 4.78 is 1.31. The quantitative estimate of drug-likeness (QED) is 0.712. The van der Waals surface area contributed by atoms with Crippen molar-refractivity contribution < 1.29 is 5.11 Å². The van der Waals surface area contributed by atoms with Gasteiger partial charge in [-0.2, -0.15) is 0 Å². The first-order valence-corrected chi connectivity index (χ1v) is 3.87. The van der Waals surface area contributed by atoms with E-state index in [2.05, 4.69) is 4.98 Å². The van der Waals surface area contributed by atoms with Crippen molar-refractivity contribution in [1.29, 1.82) is 0 Å². The monoisotopic (exact) mass is 212 g/mol. The van der Waals surface area contributed by atoms with Crippen LogP contribution in [0.1, 0.15) is 5.69 Å². The molecule has 0 amide bonds. The van der Waals surface area contributed by atoms with Crippen molar-refractivity contribution in [3.63, 3.8) is 0 Å². The number of aromatic hydroxyl groups is 1. The lowest BCUT2D eigenvalue weighted by Crippen LogP contribution is -2.15. The van der Waals surface area contributed by atoms with Crippen LogP contribution in [0.3, 0.4) is 0 Å². The molecule has 0 aromatic carbocycles. The van der Waals surface area contributed by atoms with Gasteiger partial charge in [-0.15, -0.1) is 12.4 Å². The number of aromatic nitrogens is 2. The summed E-state index contributed by atoms with van der Waals surface area (Å²) in [5.41, 5.74) is 0.474. The topological polar surface area (TPSA) is 54.6 Å². The molecule has 0 saturated heterocycles. The molecule has 2 heterocycles. The number of nitrogens with zero attached hydrogens (tertiary/aromatic N) is 2. The molecule has 0 spiro atoms. The number of hydrogen-bond donors (Lipinski definition) is 1. The zero-order valence-corrected chi connectivity index (χ0v) is 8.28. The Labute approximate surface area is 86.3 Å². The first-order valence-electron chi connectivity index (χ1n) is 3.87. The van der Waals surface area contributed by atoms with Crippen LogP contribution in [0.25, 0.3) is 5.65 Å². The van der Waals surface area contributed by atoms with Gasteiger partial charge in [-0.25, -0.2) is 4.98 Å². The molecule has 0 saturated carbocycles. The summed E-state index contributed by atoms with van der Waals surface area (Å²) in [4.78, 5) is 15.5. The van der Waals surface area contributed by atoms with Gasteiger partial charge in [0, 0.05) is 6.20 Å². The summed E-state index contributed by atoms with van der Waals surface area (Å²) in [6.07, 6.45) is 1.57. The number of halogens is 1. The largest absolute Gasteiger partial charge is 0.502 e. The molecule has 0 fully saturated rings. The van der Waals surface area contributed by atoms with E-state index in [-0.39, 0.29) is 18.2 Å². The molecule has 2 aromatic heterocycles. The zero-order chi connectivity index (χ0) is 9.42. The Kier molecular flexibility index (Phi) is 2.76. The van der Waals surface area contributed by atoms with Crippen LogP contribution in [0.5, 0.6) is 5.75 Å². The van der Waals surface area contributed by atoms with E-state index < -0.39 is 5.56 Å². The molecule has 1 N–H and O–H groups in total. The predicted molar refractivity (Wildman–Crippen MR) is 55.1 cm³/mol. The van der Waals surface area contributed by atoms with Crippen LogP contribution in [0.15, 0.2) is 29.2 Å². The van der Waals surface area contributed by atoms with E-state index in [1.165, 1.54) is 4.40 Å². The van der Waals surface area contributed by atoms with Crippen molar-refractivity contribution >= 4 is 18.1 Å². The molecule has 0 radical (unpaired) electrons. The number of fused-ring (bicyclic) bond motifs is 1. The van der Waals surface area contributed by atoms with Crippen LogP contribution < -0.4 is 5.56 Å². The second kappa shape index (κ2) is 3.67. The van der Waals surface area contributed by atoms with Gasteiger partial charge in [0.25, 0.3) is 5.56 Å². The van der Waals surface area contributed by atoms with Crippen LogP contribution in [0.4, 0.5) is 0 Å². The van der Waals surface area contributed by atoms with Crippen molar-refractivity contribution in [2.75, 3.05) is 0 Å². The lowest BCUT2D eigenvalue weighted by atomic mass is 10.4. The average Bonchev–Trinajstić information content (AvgIpc) is 2.15. The van der Waals surface area contributed by atoms with Gasteiger partial charge in [0.2, 0.25) is 5.75 Å². The molecular formula is C9H9ClN2O2. The van der Waals surface area contributed by atoms with Gasteiger partial charge >= 0.3 is 0 Å². The second-order valence-electron chi connectivity index (χ2n) is 2.78. The number of aryl methyl sites for hydroxylation is 1. The Morgan fingerprint density at radius 2 is 2.14 bits per heavy atom. The highest BCUT2D eigenvalue weighted by Gasteiger charge is 2.05. The fraction of sp³-hybridized carbons (Fsp3) is 0.111. The molecule has 74 valence electrons. The SMILES string of the molecule is Cc1nc2ccccn2c(=O)c1O.Cl. The van der Waals surface area contributed by atoms with E-state index in [4.69, 9.17) is 0 Å². The Balaban J connectivity index is 0.000000980. The third-order valence-electron chi connectivity index (χ3n) is 1.88. The maximum Gasteiger partial charge on any atom is 0.300 e. The average molecular weight is 213 g/mol. The van der Waals surface area contributed by atoms with Gasteiger partial charge in [-0.05, 0) is 19.1 Å². The maximum atomic E-state index is 11.4. The Bertz CT molecular complexity index is 522. The molecule has 5 heteroatoms. The summed E-state index contributed by atoms with van der Waals surface area (Å²) in [6.45, 7) is 1.60. The standard InChI is InChI=1S/C9H8N2O2.ClH/c1-6-8(12)9(13)11-5-3-2-4-7(11)10-6;/h2-5,12H,1H3;1H. The highest BCUT2D eigenvalue weighted by molar-refractivity contribution is 5.85. The number of rotatable bonds is 0. The lowest BCUT2D eigenvalue weighted by Gasteiger charge is -2.01. The highest BCUT2D eigenvalue weighted by Crippen LogP contribution is 2.07. The molecule has 0 aliphatic rings. The minimum atomic E-state index is -0.428. The lowest BCUT2D eigenvalue weighted by molar-refractivity contribution is 0.457. The summed E-state index contributed by atoms with van der Waals surface area (Å²) in [6, 6.07) is 5.22. The normalized spacial score (nSPS) is 9.79. The van der Waals surface area contributed by atoms with Gasteiger partial charge in [0.1, 0.15) is 5.65 Å². The van der Waals surface area contributed by atoms with E-state index in [0.29, 0.717) is 11.3 Å². The third kappa shape index (κ3) is 1.44. The minimum Gasteiger partial charge on any atom is -0.502 e. The molecule has 0 bridgehead atoms. The van der Waals surface area contributed by atoms with Crippen LogP contribution in [0.2, 0.25) is 0 Å². The van der Waals surface area contributed by atoms with Crippen LogP contribution in [0, 0.1) is 6.92 Å². The Hall–Kier alpha value is -1.55. The predicted octanol–water partition coefficient (Wildman–Crippen LogP) is 1.13. The summed E-state index contributed by atoms with van der Waals surface area (Å²) in [5.74, 6) is -0.288. The second-order valence-corrected chi connectivity index (χ2v) is 2.78. The molecule has 0 unspecified atom stereocenters. The molecule has 4 nitrogen and oxygen atoms in total. The van der Waals surface area contributed by atoms with Gasteiger partial charge < -0.3 is 5.11 Å². The van der Waals surface area contributed by atoms with Gasteiger partial charge in [0.05, 0.1) is 5.69 Å². The fourth-order valence-corrected chi connectivity index (χ4v) is 1.19. The van der Waals surface area contributed by atoms with Gasteiger partial charge in [-0.1, -0.05) is 6.07 Å². The van der Waals surface area contributed by atoms with Crippen LogP contribution in [-0.2, 0) is 0 Å². The molecule has 14 heavy (non-hydrogen) atoms. The van der Waals surface area contributed by atoms with E-state index in [1.54, 1.807) is 31.3 Å². The maximum absolute atomic E-state index is 11.4.